The minimum absolute atomic E-state index is 0.131. The topological polar surface area (TPSA) is 42.2 Å². The number of aromatic hydroxyl groups is 1. The Kier molecular flexibility index (Phi) is 2.74. The van der Waals surface area contributed by atoms with Gasteiger partial charge in [0.05, 0.1) is 9.99 Å². The predicted octanol–water partition coefficient (Wildman–Crippen LogP) is 3.59. The first-order valence-corrected chi connectivity index (χ1v) is 6.72. The third-order valence-electron chi connectivity index (χ3n) is 3.36. The molecular formula is C14H11BrFNO2. The molecule has 1 N–H and O–H groups in total. The van der Waals surface area contributed by atoms with Crippen molar-refractivity contribution in [2.24, 2.45) is 0 Å². The molecule has 2 aromatic rings. The minimum Gasteiger partial charge on any atom is -0.507 e. The van der Waals surface area contributed by atoms with E-state index in [1.807, 2.05) is 0 Å². The van der Waals surface area contributed by atoms with Crippen molar-refractivity contribution in [3.05, 3.63) is 44.9 Å². The summed E-state index contributed by atoms with van der Waals surface area (Å²) in [7, 11) is 0. The summed E-state index contributed by atoms with van der Waals surface area (Å²) in [5.41, 5.74) is 0.764. The van der Waals surface area contributed by atoms with Gasteiger partial charge in [0.1, 0.15) is 11.6 Å². The van der Waals surface area contributed by atoms with Crippen molar-refractivity contribution in [3.8, 4) is 5.75 Å². The summed E-state index contributed by atoms with van der Waals surface area (Å²) in [5, 5.41) is 10.2. The van der Waals surface area contributed by atoms with Crippen LogP contribution in [0.1, 0.15) is 24.4 Å². The molecule has 1 saturated carbocycles. The Hall–Kier alpha value is -1.62. The standard InChI is InChI=1S/C14H11BrFNO2/c1-2-8-13(15)10(16)5-9-11(18)6-12(19)17(14(8)9)7-3-4-7/h2,5-7,18H,1,3-4H2. The number of benzene rings is 1. The van der Waals surface area contributed by atoms with Gasteiger partial charge in [-0.3, -0.25) is 4.79 Å². The molecule has 98 valence electrons. The number of aromatic nitrogens is 1. The van der Waals surface area contributed by atoms with Gasteiger partial charge in [-0.2, -0.15) is 0 Å². The Balaban J connectivity index is 2.57. The van der Waals surface area contributed by atoms with Gasteiger partial charge >= 0.3 is 0 Å². The van der Waals surface area contributed by atoms with Crippen molar-refractivity contribution in [2.45, 2.75) is 18.9 Å². The van der Waals surface area contributed by atoms with E-state index < -0.39 is 5.82 Å². The highest BCUT2D eigenvalue weighted by Gasteiger charge is 2.28. The first-order valence-electron chi connectivity index (χ1n) is 5.93. The molecule has 0 spiro atoms. The van der Waals surface area contributed by atoms with Crippen LogP contribution < -0.4 is 5.56 Å². The fraction of sp³-hybridized carbons (Fsp3) is 0.214. The third-order valence-corrected chi connectivity index (χ3v) is 4.16. The second-order valence-corrected chi connectivity index (χ2v) is 5.45. The molecule has 1 aromatic carbocycles. The lowest BCUT2D eigenvalue weighted by Gasteiger charge is -2.14. The highest BCUT2D eigenvalue weighted by molar-refractivity contribution is 9.10. The zero-order valence-corrected chi connectivity index (χ0v) is 11.6. The van der Waals surface area contributed by atoms with Crippen LogP contribution in [0, 0.1) is 5.82 Å². The van der Waals surface area contributed by atoms with Crippen molar-refractivity contribution in [3.63, 3.8) is 0 Å². The number of pyridine rings is 1. The zero-order chi connectivity index (χ0) is 13.7. The molecule has 1 aromatic heterocycles. The smallest absolute Gasteiger partial charge is 0.255 e. The summed E-state index contributed by atoms with van der Waals surface area (Å²) in [6.45, 7) is 3.67. The van der Waals surface area contributed by atoms with Crippen molar-refractivity contribution in [1.82, 2.24) is 4.57 Å². The van der Waals surface area contributed by atoms with Gasteiger partial charge in [0.2, 0.25) is 0 Å². The molecule has 0 saturated heterocycles. The van der Waals surface area contributed by atoms with E-state index in [1.54, 1.807) is 4.57 Å². The second-order valence-electron chi connectivity index (χ2n) is 4.66. The summed E-state index contributed by atoms with van der Waals surface area (Å²) >= 11 is 3.17. The molecule has 0 atom stereocenters. The molecule has 0 radical (unpaired) electrons. The maximum absolute atomic E-state index is 13.8. The van der Waals surface area contributed by atoms with E-state index >= 15 is 0 Å². The number of hydrogen-bond donors (Lipinski definition) is 1. The van der Waals surface area contributed by atoms with Gasteiger partial charge in [-0.15, -0.1) is 0 Å². The van der Waals surface area contributed by atoms with Crippen LogP contribution in [0.25, 0.3) is 17.0 Å². The minimum atomic E-state index is -0.487. The summed E-state index contributed by atoms with van der Waals surface area (Å²) in [6, 6.07) is 2.51. The Morgan fingerprint density at radius 2 is 2.16 bits per heavy atom. The van der Waals surface area contributed by atoms with E-state index in [-0.39, 0.29) is 21.8 Å². The molecule has 1 heterocycles. The molecule has 1 aliphatic carbocycles. The first kappa shape index (κ1) is 12.4. The summed E-state index contributed by atoms with van der Waals surface area (Å²) in [6.07, 6.45) is 3.34. The highest BCUT2D eigenvalue weighted by Crippen LogP contribution is 2.40. The molecule has 0 aliphatic heterocycles. The van der Waals surface area contributed by atoms with Crippen LogP contribution in [-0.2, 0) is 0 Å². The van der Waals surface area contributed by atoms with Crippen molar-refractivity contribution >= 4 is 32.9 Å². The molecule has 0 bridgehead atoms. The molecule has 3 rings (SSSR count). The van der Waals surface area contributed by atoms with E-state index in [0.717, 1.165) is 18.9 Å². The van der Waals surface area contributed by atoms with Gasteiger partial charge in [0.25, 0.3) is 5.56 Å². The van der Waals surface area contributed by atoms with Crippen LogP contribution in [-0.4, -0.2) is 9.67 Å². The number of hydrogen-bond acceptors (Lipinski definition) is 2. The quantitative estimate of drug-likeness (QED) is 0.917. The molecule has 0 amide bonds. The second kappa shape index (κ2) is 4.20. The van der Waals surface area contributed by atoms with Gasteiger partial charge in [-0.05, 0) is 34.8 Å². The van der Waals surface area contributed by atoms with E-state index in [9.17, 15) is 14.3 Å². The average Bonchev–Trinajstić information content (AvgIpc) is 3.17. The molecule has 5 heteroatoms. The van der Waals surface area contributed by atoms with Crippen LogP contribution >= 0.6 is 15.9 Å². The average molecular weight is 324 g/mol. The zero-order valence-electron chi connectivity index (χ0n) is 9.99. The maximum atomic E-state index is 13.8. The van der Waals surface area contributed by atoms with Crippen molar-refractivity contribution in [1.29, 1.82) is 0 Å². The SMILES string of the molecule is C=Cc1c(Br)c(F)cc2c(O)cc(=O)n(C3CC3)c12. The summed E-state index contributed by atoms with van der Waals surface area (Å²) < 4.78 is 15.7. The lowest BCUT2D eigenvalue weighted by atomic mass is 10.1. The van der Waals surface area contributed by atoms with E-state index in [1.165, 1.54) is 12.1 Å². The number of nitrogens with zero attached hydrogens (tertiary/aromatic N) is 1. The number of rotatable bonds is 2. The Morgan fingerprint density at radius 1 is 1.47 bits per heavy atom. The lowest BCUT2D eigenvalue weighted by Crippen LogP contribution is -2.19. The van der Waals surface area contributed by atoms with Crippen LogP contribution in [0.4, 0.5) is 4.39 Å². The predicted molar refractivity (Wildman–Crippen MR) is 75.9 cm³/mol. The van der Waals surface area contributed by atoms with Gasteiger partial charge < -0.3 is 9.67 Å². The van der Waals surface area contributed by atoms with Crippen LogP contribution in [0.5, 0.6) is 5.75 Å². The summed E-state index contributed by atoms with van der Waals surface area (Å²) in [5.74, 6) is -0.690. The molecular weight excluding hydrogens is 313 g/mol. The van der Waals surface area contributed by atoms with Gasteiger partial charge in [0.15, 0.2) is 0 Å². The molecule has 19 heavy (non-hydrogen) atoms. The van der Waals surface area contributed by atoms with Crippen molar-refractivity contribution < 1.29 is 9.50 Å². The normalized spacial score (nSPS) is 14.8. The Bertz CT molecular complexity index is 762. The largest absolute Gasteiger partial charge is 0.507 e. The van der Waals surface area contributed by atoms with Crippen molar-refractivity contribution in [2.75, 3.05) is 0 Å². The van der Waals surface area contributed by atoms with Crippen LogP contribution in [0.2, 0.25) is 0 Å². The van der Waals surface area contributed by atoms with E-state index in [4.69, 9.17) is 0 Å². The van der Waals surface area contributed by atoms with Crippen LogP contribution in [0.15, 0.2) is 28.0 Å². The lowest BCUT2D eigenvalue weighted by molar-refractivity contribution is 0.478. The molecule has 0 unspecified atom stereocenters. The monoisotopic (exact) mass is 323 g/mol. The number of fused-ring (bicyclic) bond motifs is 1. The molecule has 3 nitrogen and oxygen atoms in total. The van der Waals surface area contributed by atoms with Gasteiger partial charge in [-0.1, -0.05) is 12.7 Å². The van der Waals surface area contributed by atoms with E-state index in [2.05, 4.69) is 22.5 Å². The van der Waals surface area contributed by atoms with Gasteiger partial charge in [-0.25, -0.2) is 4.39 Å². The Labute approximate surface area is 117 Å². The molecule has 1 fully saturated rings. The van der Waals surface area contributed by atoms with E-state index in [0.29, 0.717) is 16.5 Å². The fourth-order valence-corrected chi connectivity index (χ4v) is 2.81. The highest BCUT2D eigenvalue weighted by atomic mass is 79.9. The Morgan fingerprint density at radius 3 is 2.74 bits per heavy atom. The molecule has 1 aliphatic rings. The fourth-order valence-electron chi connectivity index (χ4n) is 2.35. The first-order chi connectivity index (χ1) is 9.04. The van der Waals surface area contributed by atoms with Gasteiger partial charge in [0, 0.05) is 23.1 Å². The van der Waals surface area contributed by atoms with Crippen LogP contribution in [0.3, 0.4) is 0 Å². The maximum Gasteiger partial charge on any atom is 0.255 e. The summed E-state index contributed by atoms with van der Waals surface area (Å²) in [4.78, 5) is 12.1. The number of halogens is 2. The third kappa shape index (κ3) is 1.80.